The third-order valence-corrected chi connectivity index (χ3v) is 5.43. The highest BCUT2D eigenvalue weighted by atomic mass is 32.1. The second-order valence-corrected chi connectivity index (χ2v) is 7.55. The molecule has 0 aliphatic carbocycles. The van der Waals surface area contributed by atoms with Gasteiger partial charge in [-0.2, -0.15) is 0 Å². The van der Waals surface area contributed by atoms with Gasteiger partial charge in [-0.25, -0.2) is 14.8 Å². The van der Waals surface area contributed by atoms with Crippen LogP contribution < -0.4 is 16.4 Å². The highest BCUT2D eigenvalue weighted by Crippen LogP contribution is 2.39. The molecule has 4 N–H and O–H groups in total. The van der Waals surface area contributed by atoms with E-state index < -0.39 is 0 Å². The molecule has 0 aliphatic heterocycles. The topological polar surface area (TPSA) is 92.9 Å². The summed E-state index contributed by atoms with van der Waals surface area (Å²) in [5.74, 6) is 0.479. The molecule has 2 aromatic heterocycles. The first-order chi connectivity index (χ1) is 13.6. The second kappa shape index (κ2) is 7.66. The number of nitrogen functional groups attached to an aromatic ring is 1. The number of aryl methyl sites for hydroxylation is 1. The SMILES string of the molecule is Cc1sc2ncnc(N)c2c1-c1ccc(NC(=O)NCc2ccccc2)cc1. The molecule has 0 bridgehead atoms. The fourth-order valence-electron chi connectivity index (χ4n) is 3.09. The highest BCUT2D eigenvalue weighted by molar-refractivity contribution is 7.19. The smallest absolute Gasteiger partial charge is 0.319 e. The van der Waals surface area contributed by atoms with Gasteiger partial charge >= 0.3 is 6.03 Å². The fourth-order valence-corrected chi connectivity index (χ4v) is 4.11. The Morgan fingerprint density at radius 1 is 1.07 bits per heavy atom. The summed E-state index contributed by atoms with van der Waals surface area (Å²) in [5, 5.41) is 6.58. The van der Waals surface area contributed by atoms with E-state index in [0.717, 1.165) is 37.5 Å². The lowest BCUT2D eigenvalue weighted by Gasteiger charge is -2.09. The molecule has 0 aliphatic rings. The summed E-state index contributed by atoms with van der Waals surface area (Å²) in [7, 11) is 0. The molecular weight excluding hydrogens is 370 g/mol. The van der Waals surface area contributed by atoms with Gasteiger partial charge in [0.15, 0.2) is 0 Å². The first-order valence-electron chi connectivity index (χ1n) is 8.80. The van der Waals surface area contributed by atoms with Crippen molar-refractivity contribution >= 4 is 39.1 Å². The third-order valence-electron chi connectivity index (χ3n) is 4.42. The van der Waals surface area contributed by atoms with E-state index in [9.17, 15) is 4.79 Å². The molecular formula is C21H19N5OS. The third kappa shape index (κ3) is 3.65. The number of thiophene rings is 1. The molecule has 4 aromatic rings. The maximum Gasteiger partial charge on any atom is 0.319 e. The number of hydrogen-bond acceptors (Lipinski definition) is 5. The maximum atomic E-state index is 12.1. The number of nitrogens with two attached hydrogens (primary N) is 1. The zero-order valence-corrected chi connectivity index (χ0v) is 16.1. The molecule has 0 radical (unpaired) electrons. The van der Waals surface area contributed by atoms with Gasteiger partial charge in [-0.05, 0) is 30.2 Å². The number of rotatable bonds is 4. The number of nitrogens with zero attached hydrogens (tertiary/aromatic N) is 2. The van der Waals surface area contributed by atoms with E-state index in [0.29, 0.717) is 12.4 Å². The Kier molecular flexibility index (Phi) is 4.90. The molecule has 0 atom stereocenters. The first kappa shape index (κ1) is 17.9. The van der Waals surface area contributed by atoms with E-state index >= 15 is 0 Å². The maximum absolute atomic E-state index is 12.1. The minimum absolute atomic E-state index is 0.244. The van der Waals surface area contributed by atoms with Gasteiger partial charge in [0, 0.05) is 22.7 Å². The summed E-state index contributed by atoms with van der Waals surface area (Å²) >= 11 is 1.60. The number of carbonyl (C=O) groups excluding carboxylic acids is 1. The molecule has 4 rings (SSSR count). The number of hydrogen-bond donors (Lipinski definition) is 3. The largest absolute Gasteiger partial charge is 0.383 e. The molecule has 2 amide bonds. The molecule has 0 saturated carbocycles. The van der Waals surface area contributed by atoms with E-state index in [1.54, 1.807) is 11.3 Å². The number of anilines is 2. The van der Waals surface area contributed by atoms with Gasteiger partial charge in [0.05, 0.1) is 5.39 Å². The van der Waals surface area contributed by atoms with Crippen LogP contribution in [0, 0.1) is 6.92 Å². The van der Waals surface area contributed by atoms with E-state index in [-0.39, 0.29) is 6.03 Å². The van der Waals surface area contributed by atoms with Crippen molar-refractivity contribution in [2.75, 3.05) is 11.1 Å². The van der Waals surface area contributed by atoms with Crippen LogP contribution in [0.4, 0.5) is 16.3 Å². The Morgan fingerprint density at radius 3 is 2.57 bits per heavy atom. The Balaban J connectivity index is 1.49. The lowest BCUT2D eigenvalue weighted by Crippen LogP contribution is -2.28. The predicted molar refractivity (Wildman–Crippen MR) is 114 cm³/mol. The van der Waals surface area contributed by atoms with Gasteiger partial charge < -0.3 is 16.4 Å². The van der Waals surface area contributed by atoms with Crippen molar-refractivity contribution in [3.63, 3.8) is 0 Å². The van der Waals surface area contributed by atoms with Gasteiger partial charge in [-0.3, -0.25) is 0 Å². The summed E-state index contributed by atoms with van der Waals surface area (Å²) in [4.78, 5) is 22.6. The van der Waals surface area contributed by atoms with Gasteiger partial charge in [0.1, 0.15) is 17.0 Å². The Bertz CT molecular complexity index is 1120. The van der Waals surface area contributed by atoms with Crippen molar-refractivity contribution in [2.45, 2.75) is 13.5 Å². The van der Waals surface area contributed by atoms with Crippen molar-refractivity contribution in [3.8, 4) is 11.1 Å². The molecule has 0 saturated heterocycles. The van der Waals surface area contributed by atoms with Crippen LogP contribution in [0.15, 0.2) is 60.9 Å². The van der Waals surface area contributed by atoms with Crippen LogP contribution in [0.25, 0.3) is 21.3 Å². The number of benzene rings is 2. The number of aromatic nitrogens is 2. The Morgan fingerprint density at radius 2 is 1.82 bits per heavy atom. The number of carbonyl (C=O) groups is 1. The lowest BCUT2D eigenvalue weighted by molar-refractivity contribution is 0.251. The van der Waals surface area contributed by atoms with Crippen molar-refractivity contribution in [2.24, 2.45) is 0 Å². The van der Waals surface area contributed by atoms with Crippen LogP contribution in [-0.4, -0.2) is 16.0 Å². The van der Waals surface area contributed by atoms with Crippen molar-refractivity contribution in [3.05, 3.63) is 71.4 Å². The molecule has 7 heteroatoms. The molecule has 2 aromatic carbocycles. The quantitative estimate of drug-likeness (QED) is 0.477. The number of urea groups is 1. The van der Waals surface area contributed by atoms with Crippen molar-refractivity contribution in [1.82, 2.24) is 15.3 Å². The molecule has 140 valence electrons. The fraction of sp³-hybridized carbons (Fsp3) is 0.0952. The average Bonchev–Trinajstić information content (AvgIpc) is 3.05. The van der Waals surface area contributed by atoms with Gasteiger partial charge in [0.2, 0.25) is 0 Å². The minimum Gasteiger partial charge on any atom is -0.383 e. The van der Waals surface area contributed by atoms with Crippen LogP contribution in [0.5, 0.6) is 0 Å². The summed E-state index contributed by atoms with van der Waals surface area (Å²) in [6.45, 7) is 2.52. The number of amides is 2. The first-order valence-corrected chi connectivity index (χ1v) is 9.62. The van der Waals surface area contributed by atoms with Crippen LogP contribution in [0.2, 0.25) is 0 Å². The van der Waals surface area contributed by atoms with Gasteiger partial charge in [-0.1, -0.05) is 42.5 Å². The summed E-state index contributed by atoms with van der Waals surface area (Å²) in [6, 6.07) is 17.2. The molecule has 6 nitrogen and oxygen atoms in total. The van der Waals surface area contributed by atoms with E-state index in [1.807, 2.05) is 61.5 Å². The predicted octanol–water partition coefficient (Wildman–Crippen LogP) is 4.57. The normalized spacial score (nSPS) is 10.8. The second-order valence-electron chi connectivity index (χ2n) is 6.34. The standard InChI is InChI=1S/C21H19N5OS/c1-13-17(18-19(22)24-12-25-20(18)28-13)15-7-9-16(10-8-15)26-21(27)23-11-14-5-3-2-4-6-14/h2-10,12H,11H2,1H3,(H2,22,24,25)(H2,23,26,27). The lowest BCUT2D eigenvalue weighted by atomic mass is 10.0. The van der Waals surface area contributed by atoms with Crippen LogP contribution >= 0.6 is 11.3 Å². The van der Waals surface area contributed by atoms with E-state index in [4.69, 9.17) is 5.73 Å². The monoisotopic (exact) mass is 389 g/mol. The Hall–Kier alpha value is -3.45. The average molecular weight is 389 g/mol. The van der Waals surface area contributed by atoms with Gasteiger partial charge in [-0.15, -0.1) is 11.3 Å². The van der Waals surface area contributed by atoms with Crippen LogP contribution in [-0.2, 0) is 6.54 Å². The van der Waals surface area contributed by atoms with Crippen LogP contribution in [0.1, 0.15) is 10.4 Å². The van der Waals surface area contributed by atoms with Crippen molar-refractivity contribution in [1.29, 1.82) is 0 Å². The summed E-state index contributed by atoms with van der Waals surface area (Å²) in [6.07, 6.45) is 1.48. The Labute approximate surface area is 166 Å². The molecule has 28 heavy (non-hydrogen) atoms. The molecule has 0 spiro atoms. The zero-order chi connectivity index (χ0) is 19.5. The summed E-state index contributed by atoms with van der Waals surface area (Å²) in [5.41, 5.74) is 9.90. The highest BCUT2D eigenvalue weighted by Gasteiger charge is 2.15. The molecule has 0 unspecified atom stereocenters. The number of nitrogens with one attached hydrogen (secondary N) is 2. The zero-order valence-electron chi connectivity index (χ0n) is 15.3. The van der Waals surface area contributed by atoms with Gasteiger partial charge in [0.25, 0.3) is 0 Å². The molecule has 2 heterocycles. The van der Waals surface area contributed by atoms with E-state index in [2.05, 4.69) is 20.6 Å². The van der Waals surface area contributed by atoms with E-state index in [1.165, 1.54) is 6.33 Å². The molecule has 0 fully saturated rings. The van der Waals surface area contributed by atoms with Crippen molar-refractivity contribution < 1.29 is 4.79 Å². The summed E-state index contributed by atoms with van der Waals surface area (Å²) < 4.78 is 0. The number of fused-ring (bicyclic) bond motifs is 1. The minimum atomic E-state index is -0.244. The van der Waals surface area contributed by atoms with Crippen LogP contribution in [0.3, 0.4) is 0 Å².